The number of nitrogens with one attached hydrogen (secondary N) is 1. The lowest BCUT2D eigenvalue weighted by molar-refractivity contribution is -0.117. The van der Waals surface area contributed by atoms with Gasteiger partial charge in [-0.3, -0.25) is 4.79 Å². The van der Waals surface area contributed by atoms with E-state index in [-0.39, 0.29) is 11.9 Å². The number of fused-ring (bicyclic) bond motifs is 1. The van der Waals surface area contributed by atoms with Crippen molar-refractivity contribution in [1.82, 2.24) is 5.32 Å². The number of para-hydroxylation sites is 1. The highest BCUT2D eigenvalue weighted by Gasteiger charge is 2.07. The minimum atomic E-state index is -0.108. The summed E-state index contributed by atoms with van der Waals surface area (Å²) in [6.07, 6.45) is 5.19. The van der Waals surface area contributed by atoms with Crippen LogP contribution in [0.3, 0.4) is 0 Å². The van der Waals surface area contributed by atoms with Crippen molar-refractivity contribution in [2.24, 2.45) is 0 Å². The smallest absolute Gasteiger partial charge is 0.244 e. The van der Waals surface area contributed by atoms with Gasteiger partial charge in [0.15, 0.2) is 11.3 Å². The summed E-state index contributed by atoms with van der Waals surface area (Å²) < 4.78 is 10.9. The largest absolute Gasteiger partial charge is 0.493 e. The van der Waals surface area contributed by atoms with Gasteiger partial charge in [-0.1, -0.05) is 25.5 Å². The maximum atomic E-state index is 11.8. The first-order chi connectivity index (χ1) is 10.1. The topological polar surface area (TPSA) is 51.5 Å². The van der Waals surface area contributed by atoms with E-state index in [1.165, 1.54) is 6.08 Å². The van der Waals surface area contributed by atoms with Crippen molar-refractivity contribution in [3.05, 3.63) is 36.1 Å². The number of carbonyl (C=O) groups excluding carboxylic acids is 1. The Labute approximate surface area is 124 Å². The minimum absolute atomic E-state index is 0.108. The zero-order chi connectivity index (χ0) is 15.2. The fourth-order valence-corrected chi connectivity index (χ4v) is 2.25. The maximum absolute atomic E-state index is 11.8. The van der Waals surface area contributed by atoms with Crippen molar-refractivity contribution in [2.45, 2.75) is 32.7 Å². The predicted octanol–water partition coefficient (Wildman–Crippen LogP) is 3.76. The summed E-state index contributed by atoms with van der Waals surface area (Å²) in [6, 6.07) is 7.77. The number of carbonyl (C=O) groups is 1. The maximum Gasteiger partial charge on any atom is 0.244 e. The molecule has 2 aromatic rings. The lowest BCUT2D eigenvalue weighted by atomic mass is 10.2. The van der Waals surface area contributed by atoms with Gasteiger partial charge in [-0.15, -0.1) is 0 Å². The SMILES string of the molecule is CCCC(C)NC(=O)/C=C/c1cc2cccc(OC)c2o1. The molecule has 0 fully saturated rings. The van der Waals surface area contributed by atoms with Crippen LogP contribution in [0.25, 0.3) is 17.0 Å². The van der Waals surface area contributed by atoms with Crippen LogP contribution in [0.15, 0.2) is 34.8 Å². The van der Waals surface area contributed by atoms with Gasteiger partial charge in [-0.2, -0.15) is 0 Å². The Morgan fingerprint density at radius 3 is 3.00 bits per heavy atom. The zero-order valence-electron chi connectivity index (χ0n) is 12.7. The molecule has 1 amide bonds. The number of furan rings is 1. The van der Waals surface area contributed by atoms with Crippen molar-refractivity contribution in [1.29, 1.82) is 0 Å². The summed E-state index contributed by atoms with van der Waals surface area (Å²) in [5.74, 6) is 1.21. The number of hydrogen-bond donors (Lipinski definition) is 1. The van der Waals surface area contributed by atoms with Gasteiger partial charge in [-0.25, -0.2) is 0 Å². The number of ether oxygens (including phenoxy) is 1. The average Bonchev–Trinajstić information content (AvgIpc) is 2.88. The van der Waals surface area contributed by atoms with Crippen LogP contribution in [0, 0.1) is 0 Å². The minimum Gasteiger partial charge on any atom is -0.493 e. The third-order valence-electron chi connectivity index (χ3n) is 3.26. The van der Waals surface area contributed by atoms with Crippen LogP contribution in [0.4, 0.5) is 0 Å². The normalized spacial score (nSPS) is 12.7. The molecule has 0 aliphatic carbocycles. The van der Waals surface area contributed by atoms with Gasteiger partial charge < -0.3 is 14.5 Å². The number of amides is 1. The molecule has 0 saturated heterocycles. The summed E-state index contributed by atoms with van der Waals surface area (Å²) in [5, 5.41) is 3.87. The van der Waals surface area contributed by atoms with Gasteiger partial charge in [0, 0.05) is 17.5 Å². The van der Waals surface area contributed by atoms with Gasteiger partial charge >= 0.3 is 0 Å². The molecule has 4 nitrogen and oxygen atoms in total. The van der Waals surface area contributed by atoms with Crippen molar-refractivity contribution >= 4 is 23.0 Å². The van der Waals surface area contributed by atoms with Crippen LogP contribution in [0.5, 0.6) is 5.75 Å². The standard InChI is InChI=1S/C17H21NO3/c1-4-6-12(2)18-16(19)10-9-14-11-13-7-5-8-15(20-3)17(13)21-14/h5,7-12H,4,6H2,1-3H3,(H,18,19)/b10-9+. The fraction of sp³-hybridized carbons (Fsp3) is 0.353. The lowest BCUT2D eigenvalue weighted by Gasteiger charge is -2.10. The second-order valence-corrected chi connectivity index (χ2v) is 5.06. The van der Waals surface area contributed by atoms with Gasteiger partial charge in [0.2, 0.25) is 5.91 Å². The fourth-order valence-electron chi connectivity index (χ4n) is 2.25. The van der Waals surface area contributed by atoms with E-state index >= 15 is 0 Å². The van der Waals surface area contributed by atoms with Crippen LogP contribution in [-0.2, 0) is 4.79 Å². The van der Waals surface area contributed by atoms with Gasteiger partial charge in [0.05, 0.1) is 7.11 Å². The third-order valence-corrected chi connectivity index (χ3v) is 3.26. The lowest BCUT2D eigenvalue weighted by Crippen LogP contribution is -2.30. The molecule has 0 saturated carbocycles. The van der Waals surface area contributed by atoms with Crippen LogP contribution < -0.4 is 10.1 Å². The molecule has 112 valence electrons. The van der Waals surface area contributed by atoms with Crippen molar-refractivity contribution in [2.75, 3.05) is 7.11 Å². The summed E-state index contributed by atoms with van der Waals surface area (Å²) in [4.78, 5) is 11.8. The molecule has 0 aliphatic heterocycles. The first-order valence-corrected chi connectivity index (χ1v) is 7.19. The van der Waals surface area contributed by atoms with E-state index in [0.29, 0.717) is 17.1 Å². The molecule has 21 heavy (non-hydrogen) atoms. The molecule has 1 unspecified atom stereocenters. The van der Waals surface area contributed by atoms with Crippen LogP contribution >= 0.6 is 0 Å². The summed E-state index contributed by atoms with van der Waals surface area (Å²) >= 11 is 0. The molecular weight excluding hydrogens is 266 g/mol. The first kappa shape index (κ1) is 15.2. The average molecular weight is 287 g/mol. The molecular formula is C17H21NO3. The van der Waals surface area contributed by atoms with Crippen molar-refractivity contribution < 1.29 is 13.9 Å². The summed E-state index contributed by atoms with van der Waals surface area (Å²) in [7, 11) is 1.61. The Morgan fingerprint density at radius 1 is 1.48 bits per heavy atom. The highest BCUT2D eigenvalue weighted by Crippen LogP contribution is 2.28. The van der Waals surface area contributed by atoms with Crippen molar-refractivity contribution in [3.63, 3.8) is 0 Å². The second kappa shape index (κ2) is 6.97. The molecule has 0 aliphatic rings. The molecule has 2 rings (SSSR count). The van der Waals surface area contributed by atoms with Gasteiger partial charge in [0.1, 0.15) is 5.76 Å². The van der Waals surface area contributed by atoms with E-state index in [0.717, 1.165) is 18.2 Å². The van der Waals surface area contributed by atoms with E-state index in [9.17, 15) is 4.79 Å². The molecule has 0 bridgehead atoms. The third kappa shape index (κ3) is 3.88. The van der Waals surface area contributed by atoms with E-state index < -0.39 is 0 Å². The molecule has 1 N–H and O–H groups in total. The van der Waals surface area contributed by atoms with Crippen LogP contribution in [-0.4, -0.2) is 19.1 Å². The second-order valence-electron chi connectivity index (χ2n) is 5.06. The number of benzene rings is 1. The Hall–Kier alpha value is -2.23. The van der Waals surface area contributed by atoms with E-state index in [1.54, 1.807) is 13.2 Å². The highest BCUT2D eigenvalue weighted by atomic mass is 16.5. The van der Waals surface area contributed by atoms with Crippen LogP contribution in [0.1, 0.15) is 32.4 Å². The number of rotatable bonds is 6. The quantitative estimate of drug-likeness (QED) is 0.823. The number of methoxy groups -OCH3 is 1. The molecule has 1 aromatic carbocycles. The molecule has 0 radical (unpaired) electrons. The van der Waals surface area contributed by atoms with E-state index in [4.69, 9.17) is 9.15 Å². The summed E-state index contributed by atoms with van der Waals surface area (Å²) in [5.41, 5.74) is 0.694. The van der Waals surface area contributed by atoms with Gasteiger partial charge in [0.25, 0.3) is 0 Å². The molecule has 1 heterocycles. The van der Waals surface area contributed by atoms with Crippen molar-refractivity contribution in [3.8, 4) is 5.75 Å². The highest BCUT2D eigenvalue weighted by molar-refractivity contribution is 5.92. The Morgan fingerprint density at radius 2 is 2.29 bits per heavy atom. The molecule has 1 aromatic heterocycles. The number of hydrogen-bond acceptors (Lipinski definition) is 3. The molecule has 0 spiro atoms. The predicted molar refractivity (Wildman–Crippen MR) is 84.3 cm³/mol. The molecule has 1 atom stereocenters. The van der Waals surface area contributed by atoms with Crippen LogP contribution in [0.2, 0.25) is 0 Å². The Kier molecular flexibility index (Phi) is 5.04. The Bertz CT molecular complexity index is 643. The van der Waals surface area contributed by atoms with E-state index in [1.807, 2.05) is 31.2 Å². The van der Waals surface area contributed by atoms with E-state index in [2.05, 4.69) is 12.2 Å². The zero-order valence-corrected chi connectivity index (χ0v) is 12.7. The molecule has 4 heteroatoms. The Balaban J connectivity index is 2.09. The summed E-state index contributed by atoms with van der Waals surface area (Å²) in [6.45, 7) is 4.10. The first-order valence-electron chi connectivity index (χ1n) is 7.19. The van der Waals surface area contributed by atoms with Gasteiger partial charge in [-0.05, 0) is 31.6 Å². The monoisotopic (exact) mass is 287 g/mol.